The van der Waals surface area contributed by atoms with E-state index in [0.29, 0.717) is 5.56 Å². The van der Waals surface area contributed by atoms with Crippen molar-refractivity contribution in [2.45, 2.75) is 6.92 Å². The van der Waals surface area contributed by atoms with Gasteiger partial charge in [0.2, 0.25) is 5.91 Å². The summed E-state index contributed by atoms with van der Waals surface area (Å²) in [4.78, 5) is 33.0. The topological polar surface area (TPSA) is 83.5 Å². The van der Waals surface area contributed by atoms with Crippen molar-refractivity contribution in [3.8, 4) is 11.8 Å². The van der Waals surface area contributed by atoms with Gasteiger partial charge in [-0.25, -0.2) is 0 Å². The first-order valence-corrected chi connectivity index (χ1v) is 5.15. The summed E-state index contributed by atoms with van der Waals surface area (Å²) < 4.78 is 0. The van der Waals surface area contributed by atoms with Crippen molar-refractivity contribution >= 4 is 17.8 Å². The summed E-state index contributed by atoms with van der Waals surface area (Å²) >= 11 is 0. The molecule has 1 rings (SSSR count). The number of nitrogens with one attached hydrogen (secondary N) is 1. The lowest BCUT2D eigenvalue weighted by molar-refractivity contribution is -0.146. The van der Waals surface area contributed by atoms with E-state index in [2.05, 4.69) is 11.8 Å². The Morgan fingerprint density at radius 2 is 1.83 bits per heavy atom. The molecule has 5 nitrogen and oxygen atoms in total. The standard InChI is InChI=1S/C13H11NO4/c1-9(13(17)18)12(16)14-11(15)8-7-10-5-3-2-4-6-10/h2-6,9H,1H3,(H,17,18)(H,14,15,16). The molecule has 0 fully saturated rings. The maximum atomic E-state index is 11.3. The third kappa shape index (κ3) is 4.10. The van der Waals surface area contributed by atoms with Crippen molar-refractivity contribution in [2.24, 2.45) is 5.92 Å². The fourth-order valence-corrected chi connectivity index (χ4v) is 1.01. The van der Waals surface area contributed by atoms with Crippen LogP contribution >= 0.6 is 0 Å². The van der Waals surface area contributed by atoms with Gasteiger partial charge in [-0.3, -0.25) is 19.7 Å². The van der Waals surface area contributed by atoms with E-state index >= 15 is 0 Å². The molecule has 18 heavy (non-hydrogen) atoms. The molecule has 0 saturated heterocycles. The van der Waals surface area contributed by atoms with Crippen molar-refractivity contribution in [1.29, 1.82) is 0 Å². The summed E-state index contributed by atoms with van der Waals surface area (Å²) in [5.74, 6) is 0.484. The van der Waals surface area contributed by atoms with Crippen molar-refractivity contribution in [3.63, 3.8) is 0 Å². The van der Waals surface area contributed by atoms with Gasteiger partial charge in [0.05, 0.1) is 0 Å². The van der Waals surface area contributed by atoms with Gasteiger partial charge in [-0.2, -0.15) is 0 Å². The molecule has 0 radical (unpaired) electrons. The quantitative estimate of drug-likeness (QED) is 0.583. The van der Waals surface area contributed by atoms with Crippen LogP contribution in [0.5, 0.6) is 0 Å². The molecule has 0 aromatic heterocycles. The zero-order valence-electron chi connectivity index (χ0n) is 9.64. The number of rotatable bonds is 2. The number of hydrogen-bond acceptors (Lipinski definition) is 3. The minimum atomic E-state index is -1.30. The molecule has 2 N–H and O–H groups in total. The van der Waals surface area contributed by atoms with Gasteiger partial charge < -0.3 is 5.11 Å². The molecule has 0 saturated carbocycles. The Kier molecular flexibility index (Phi) is 4.64. The maximum Gasteiger partial charge on any atom is 0.315 e. The highest BCUT2D eigenvalue weighted by atomic mass is 16.4. The molecule has 1 unspecified atom stereocenters. The molecule has 1 aromatic rings. The van der Waals surface area contributed by atoms with Gasteiger partial charge in [0, 0.05) is 11.5 Å². The molecular formula is C13H11NO4. The lowest BCUT2D eigenvalue weighted by atomic mass is 10.2. The van der Waals surface area contributed by atoms with E-state index in [0.717, 1.165) is 0 Å². The van der Waals surface area contributed by atoms with Gasteiger partial charge in [0.1, 0.15) is 5.92 Å². The highest BCUT2D eigenvalue weighted by molar-refractivity contribution is 6.09. The second kappa shape index (κ2) is 6.21. The zero-order chi connectivity index (χ0) is 13.5. The zero-order valence-corrected chi connectivity index (χ0v) is 9.64. The number of carboxylic acids is 1. The first-order chi connectivity index (χ1) is 8.50. The Hall–Kier alpha value is -2.61. The van der Waals surface area contributed by atoms with Crippen LogP contribution in [0, 0.1) is 17.8 Å². The molecule has 1 aromatic carbocycles. The molecule has 5 heteroatoms. The molecule has 2 amide bonds. The van der Waals surface area contributed by atoms with Crippen LogP contribution in [0.25, 0.3) is 0 Å². The highest BCUT2D eigenvalue weighted by Gasteiger charge is 2.21. The molecule has 0 aliphatic carbocycles. The number of carboxylic acid groups (broad SMARTS) is 1. The third-order valence-corrected chi connectivity index (χ3v) is 2.09. The largest absolute Gasteiger partial charge is 0.481 e. The molecule has 0 aliphatic rings. The van der Waals surface area contributed by atoms with Gasteiger partial charge in [0.15, 0.2) is 0 Å². The summed E-state index contributed by atoms with van der Waals surface area (Å²) in [5.41, 5.74) is 0.631. The van der Waals surface area contributed by atoms with Gasteiger partial charge in [-0.1, -0.05) is 24.1 Å². The Morgan fingerprint density at radius 1 is 1.22 bits per heavy atom. The number of benzene rings is 1. The maximum absolute atomic E-state index is 11.3. The summed E-state index contributed by atoms with van der Waals surface area (Å²) in [7, 11) is 0. The van der Waals surface area contributed by atoms with Crippen LogP contribution in [0.2, 0.25) is 0 Å². The smallest absolute Gasteiger partial charge is 0.315 e. The SMILES string of the molecule is CC(C(=O)O)C(=O)NC(=O)C#Cc1ccccc1. The van der Waals surface area contributed by atoms with E-state index in [1.807, 2.05) is 11.4 Å². The first-order valence-electron chi connectivity index (χ1n) is 5.15. The second-order valence-electron chi connectivity index (χ2n) is 3.49. The normalized spacial score (nSPS) is 10.7. The van der Waals surface area contributed by atoms with Crippen molar-refractivity contribution < 1.29 is 19.5 Å². The van der Waals surface area contributed by atoms with E-state index in [1.165, 1.54) is 6.92 Å². The average Bonchev–Trinajstić information content (AvgIpc) is 2.36. The summed E-state index contributed by atoms with van der Waals surface area (Å²) in [6.07, 6.45) is 0. The van der Waals surface area contributed by atoms with Crippen LogP contribution in [0.15, 0.2) is 30.3 Å². The van der Waals surface area contributed by atoms with Gasteiger partial charge in [-0.15, -0.1) is 0 Å². The minimum absolute atomic E-state index is 0.631. The van der Waals surface area contributed by atoms with E-state index < -0.39 is 23.7 Å². The van der Waals surface area contributed by atoms with E-state index in [4.69, 9.17) is 5.11 Å². The number of amides is 2. The lowest BCUT2D eigenvalue weighted by Crippen LogP contribution is -2.37. The van der Waals surface area contributed by atoms with E-state index in [1.54, 1.807) is 24.3 Å². The number of aliphatic carboxylic acids is 1. The summed E-state index contributed by atoms with van der Waals surface area (Å²) in [5, 5.41) is 10.5. The lowest BCUT2D eigenvalue weighted by Gasteiger charge is -2.03. The monoisotopic (exact) mass is 245 g/mol. The third-order valence-electron chi connectivity index (χ3n) is 2.09. The highest BCUT2D eigenvalue weighted by Crippen LogP contribution is 1.95. The number of imide groups is 1. The minimum Gasteiger partial charge on any atom is -0.481 e. The van der Waals surface area contributed by atoms with Gasteiger partial charge in [0.25, 0.3) is 0 Å². The van der Waals surface area contributed by atoms with Crippen LogP contribution in [0.1, 0.15) is 12.5 Å². The Bertz CT molecular complexity index is 525. The average molecular weight is 245 g/mol. The fourth-order valence-electron chi connectivity index (χ4n) is 1.01. The predicted octanol–water partition coefficient (Wildman–Crippen LogP) is 0.402. The second-order valence-corrected chi connectivity index (χ2v) is 3.49. The van der Waals surface area contributed by atoms with Crippen LogP contribution in [-0.2, 0) is 14.4 Å². The fraction of sp³-hybridized carbons (Fsp3) is 0.154. The van der Waals surface area contributed by atoms with Crippen LogP contribution < -0.4 is 5.32 Å². The Balaban J connectivity index is 2.61. The Morgan fingerprint density at radius 3 is 2.39 bits per heavy atom. The van der Waals surface area contributed by atoms with Crippen molar-refractivity contribution in [1.82, 2.24) is 5.32 Å². The molecule has 0 bridgehead atoms. The molecular weight excluding hydrogens is 234 g/mol. The van der Waals surface area contributed by atoms with Gasteiger partial charge in [-0.05, 0) is 19.1 Å². The number of carbonyl (C=O) groups is 3. The number of carbonyl (C=O) groups excluding carboxylic acids is 2. The van der Waals surface area contributed by atoms with Crippen molar-refractivity contribution in [2.75, 3.05) is 0 Å². The van der Waals surface area contributed by atoms with Crippen LogP contribution in [0.3, 0.4) is 0 Å². The molecule has 0 heterocycles. The van der Waals surface area contributed by atoms with E-state index in [-0.39, 0.29) is 0 Å². The van der Waals surface area contributed by atoms with Crippen molar-refractivity contribution in [3.05, 3.63) is 35.9 Å². The Labute approximate surface area is 104 Å². The molecule has 0 aliphatic heterocycles. The summed E-state index contributed by atoms with van der Waals surface area (Å²) in [6, 6.07) is 8.76. The van der Waals surface area contributed by atoms with E-state index in [9.17, 15) is 14.4 Å². The molecule has 1 atom stereocenters. The number of hydrogen-bond donors (Lipinski definition) is 2. The van der Waals surface area contributed by atoms with Gasteiger partial charge >= 0.3 is 11.9 Å². The van der Waals surface area contributed by atoms with Crippen LogP contribution in [0.4, 0.5) is 0 Å². The first kappa shape index (κ1) is 13.5. The van der Waals surface area contributed by atoms with Crippen LogP contribution in [-0.4, -0.2) is 22.9 Å². The predicted molar refractivity (Wildman–Crippen MR) is 63.3 cm³/mol. The molecule has 92 valence electrons. The molecule has 0 spiro atoms. The summed E-state index contributed by atoms with van der Waals surface area (Å²) in [6.45, 7) is 1.19.